The molecule has 0 aromatic heterocycles. The number of halogens is 6. The number of hydrogen-bond acceptors (Lipinski definition) is 11. The minimum atomic E-state index is -0.192. The van der Waals surface area contributed by atoms with Crippen LogP contribution in [-0.2, 0) is 52.4 Å². The predicted octanol–water partition coefficient (Wildman–Crippen LogP) is 19.9. The summed E-state index contributed by atoms with van der Waals surface area (Å²) in [6.07, 6.45) is 4.19. The summed E-state index contributed by atoms with van der Waals surface area (Å²) in [7, 11) is 0. The maximum absolute atomic E-state index is 13.0. The van der Waals surface area contributed by atoms with Crippen LogP contribution >= 0.6 is 66.1 Å². The van der Waals surface area contributed by atoms with Gasteiger partial charge in [-0.05, 0) is 280 Å². The van der Waals surface area contributed by atoms with Crippen molar-refractivity contribution in [2.45, 2.75) is 189 Å². The smallest absolute Gasteiger partial charge is 0.137 e. The Bertz CT molecular complexity index is 4100. The van der Waals surface area contributed by atoms with Gasteiger partial charge in [-0.15, -0.1) is 0 Å². The fourth-order valence-corrected chi connectivity index (χ4v) is 10.5. The quantitative estimate of drug-likeness (QED) is 0.0109. The molecule has 19 nitrogen and oxygen atoms in total. The van der Waals surface area contributed by atoms with Gasteiger partial charge in [-0.2, -0.15) is 0 Å². The summed E-state index contributed by atoms with van der Waals surface area (Å²) in [5.74, 6) is 6.84. The van der Waals surface area contributed by atoms with Gasteiger partial charge in [-0.25, -0.2) is 8.78 Å². The summed E-state index contributed by atoms with van der Waals surface area (Å²) >= 11 is 15.4. The van der Waals surface area contributed by atoms with Crippen molar-refractivity contribution >= 4 is 113 Å². The van der Waals surface area contributed by atoms with E-state index in [0.717, 1.165) is 92.9 Å². The van der Waals surface area contributed by atoms with Crippen LogP contribution in [0.1, 0.15) is 174 Å². The summed E-state index contributed by atoms with van der Waals surface area (Å²) in [4.78, 5) is 32.9. The first kappa shape index (κ1) is 101. The van der Waals surface area contributed by atoms with E-state index in [2.05, 4.69) is 197 Å². The summed E-state index contributed by atoms with van der Waals surface area (Å²) in [6.45, 7) is 37.1. The van der Waals surface area contributed by atoms with Gasteiger partial charge in [-0.1, -0.05) is 153 Å². The van der Waals surface area contributed by atoms with E-state index in [9.17, 15) is 8.78 Å². The molecule has 0 aliphatic carbocycles. The highest BCUT2D eigenvalue weighted by molar-refractivity contribution is 14.1. The van der Waals surface area contributed by atoms with Crippen molar-refractivity contribution in [3.05, 3.63) is 259 Å². The lowest BCUT2D eigenvalue weighted by Gasteiger charge is -2.08. The van der Waals surface area contributed by atoms with Gasteiger partial charge in [0.25, 0.3) is 0 Å². The molecule has 0 amide bonds. The van der Waals surface area contributed by atoms with Crippen LogP contribution in [0.2, 0.25) is 5.02 Å². The van der Waals surface area contributed by atoms with E-state index in [4.69, 9.17) is 71.7 Å². The van der Waals surface area contributed by atoms with Crippen LogP contribution < -0.4 is 60.1 Å². The Morgan fingerprint density at radius 3 is 1.04 bits per heavy atom. The lowest BCUT2D eigenvalue weighted by molar-refractivity contribution is 0.307. The van der Waals surface area contributed by atoms with Gasteiger partial charge in [0, 0.05) is 3.57 Å². The van der Waals surface area contributed by atoms with E-state index in [-0.39, 0.29) is 11.6 Å². The normalized spacial score (nSPS) is 11.7. The number of aliphatic imine (C=N–C) groups is 8. The number of aryl methyl sites for hydroxylation is 5. The van der Waals surface area contributed by atoms with Crippen molar-refractivity contribution in [1.82, 2.24) is 0 Å². The molecule has 0 fully saturated rings. The molecule has 0 radical (unpaired) electrons. The van der Waals surface area contributed by atoms with Crippen molar-refractivity contribution < 1.29 is 23.0 Å². The molecule has 0 spiro atoms. The van der Waals surface area contributed by atoms with Crippen LogP contribution in [0.4, 0.5) is 8.78 Å². The molecule has 0 aliphatic rings. The zero-order valence-electron chi connectivity index (χ0n) is 68.3. The summed E-state index contributed by atoms with van der Waals surface area (Å²) < 4.78 is 45.8. The van der Waals surface area contributed by atoms with Crippen molar-refractivity contribution in [1.29, 1.82) is 0 Å². The lowest BCUT2D eigenvalue weighted by Crippen LogP contribution is -2.05. The summed E-state index contributed by atoms with van der Waals surface area (Å²) in [6, 6.07) is 50.6. The molecule has 112 heavy (non-hydrogen) atoms. The Morgan fingerprint density at radius 1 is 0.339 bits per heavy atom. The zero-order chi connectivity index (χ0) is 84.1. The Balaban J connectivity index is 0.000000642. The van der Waals surface area contributed by atoms with E-state index in [0.29, 0.717) is 122 Å². The van der Waals surface area contributed by atoms with Gasteiger partial charge in [-0.3, -0.25) is 39.9 Å². The fraction of sp³-hybridized carbons (Fsp3) is 0.356. The van der Waals surface area contributed by atoms with Crippen LogP contribution in [0.15, 0.2) is 207 Å². The van der Waals surface area contributed by atoms with Gasteiger partial charge < -0.3 is 60.1 Å². The van der Waals surface area contributed by atoms with E-state index in [1.54, 1.807) is 87.4 Å². The van der Waals surface area contributed by atoms with Gasteiger partial charge >= 0.3 is 0 Å². The molecule has 0 saturated carbocycles. The third kappa shape index (κ3) is 49.9. The van der Waals surface area contributed by atoms with Crippen LogP contribution in [-0.4, -0.2) is 66.5 Å². The second-order valence-corrected chi connectivity index (χ2v) is 29.4. The Morgan fingerprint density at radius 2 is 0.670 bits per heavy atom. The average Bonchev–Trinajstić information content (AvgIpc) is 0.886. The van der Waals surface area contributed by atoms with Gasteiger partial charge in [0.15, 0.2) is 0 Å². The first-order valence-electron chi connectivity index (χ1n) is 36.8. The Kier molecular flexibility index (Phi) is 52.7. The second kappa shape index (κ2) is 58.6. The molecule has 0 bridgehead atoms. The van der Waals surface area contributed by atoms with Crippen molar-refractivity contribution in [3.8, 4) is 17.2 Å². The first-order chi connectivity index (χ1) is 53.0. The highest BCUT2D eigenvalue weighted by Gasteiger charge is 2.07. The molecule has 25 heteroatoms. The molecular formula is C87H120Br2ClF2IN16O3. The minimum absolute atomic E-state index is 0.183. The van der Waals surface area contributed by atoms with Crippen molar-refractivity contribution in [2.75, 3.05) is 19.8 Å². The Hall–Kier alpha value is -9.24. The number of benzene rings is 8. The number of nitrogens with zero attached hydrogens (tertiary/aromatic N) is 8. The molecule has 8 rings (SSSR count). The second-order valence-electron chi connectivity index (χ2n) is 26.1. The molecular weight excluding hydrogens is 1680 g/mol. The van der Waals surface area contributed by atoms with Crippen molar-refractivity contribution in [2.24, 2.45) is 85.8 Å². The van der Waals surface area contributed by atoms with Gasteiger partial charge in [0.2, 0.25) is 0 Å². The SMILES string of the molecule is CC(N)=NCc1ccc(C)c(F)c1.CC(N)=NCc1ccc(C)c(I)c1.CC(N)=NCc1ccc(C)cc1.CC(N)=NCc1ccc(F)c(C)c1.CC(N)=NCc1cccc(C)c1.CCCCOc1ccc(CN=C(C)N)cc1Br.CCCOc1ccc(CN=C(C)N)cc1Br.CCCOc1ccc(CN=C(C)N)cc1Cl. The predicted molar refractivity (Wildman–Crippen MR) is 488 cm³/mol. The lowest BCUT2D eigenvalue weighted by atomic mass is 10.1. The number of hydrogen-bond donors (Lipinski definition) is 8. The maximum atomic E-state index is 13.0. The summed E-state index contributed by atoms with van der Waals surface area (Å²) in [5.41, 5.74) is 57.3. The molecule has 608 valence electrons. The topological polar surface area (TPSA) is 335 Å². The molecule has 0 saturated heterocycles. The van der Waals surface area contributed by atoms with Crippen LogP contribution in [0, 0.1) is 49.8 Å². The molecule has 8 aromatic carbocycles. The molecule has 16 N–H and O–H groups in total. The van der Waals surface area contributed by atoms with Gasteiger partial charge in [0.05, 0.1) is 133 Å². The minimum Gasteiger partial charge on any atom is -0.492 e. The number of ether oxygens (including phenoxy) is 3. The van der Waals surface area contributed by atoms with Crippen LogP contribution in [0.3, 0.4) is 0 Å². The maximum Gasteiger partial charge on any atom is 0.137 e. The molecule has 0 heterocycles. The van der Waals surface area contributed by atoms with Crippen LogP contribution in [0.5, 0.6) is 17.2 Å². The number of rotatable bonds is 26. The molecule has 0 aliphatic heterocycles. The van der Waals surface area contributed by atoms with E-state index in [1.165, 1.54) is 49.1 Å². The monoisotopic (exact) mass is 1790 g/mol. The Labute approximate surface area is 701 Å². The number of unbranched alkanes of at least 4 members (excludes halogenated alkanes) is 1. The molecule has 0 atom stereocenters. The first-order valence-corrected chi connectivity index (χ1v) is 39.8. The number of nitrogens with two attached hydrogens (primary N) is 8. The zero-order valence-corrected chi connectivity index (χ0v) is 74.4. The highest BCUT2D eigenvalue weighted by atomic mass is 127. The standard InChI is InChI=1S/C13H19BrN2O.C12H17BrN2O.C12H17ClN2O.2C10H13FN2.C10H13IN2.2C10H14N2/c1-3-4-7-17-13-6-5-11(8-12(13)14)9-16-10(2)15;2*1-3-6-16-12-5-4-10(7-11(12)13)8-15-9(2)14;1-7-5-9(3-4-10(7)11)6-13-8(2)12;2*1-7-3-4-9(5-10(7)11)6-13-8(2)12;1-8-3-5-10(6-4-8)7-12-9(2)11;1-8-4-3-5-10(6-8)7-12-9(2)11/h5-6,8H,3-4,7,9H2,1-2H3,(H2,15,16);2*4-5,7H,3,6,8H2,1-2H3,(H2,14,15);3*3-5H,6H2,1-2H3,(H2,12,13);2*3-6H,7H2,1-2H3,(H2,11,12). The molecule has 8 aromatic rings. The third-order valence-corrected chi connectivity index (χ3v) is 17.4. The summed E-state index contributed by atoms with van der Waals surface area (Å²) in [5, 5.41) is 0.621. The van der Waals surface area contributed by atoms with Crippen molar-refractivity contribution in [3.63, 3.8) is 0 Å². The van der Waals surface area contributed by atoms with Crippen LogP contribution in [0.25, 0.3) is 0 Å². The fourth-order valence-electron chi connectivity index (χ4n) is 8.54. The largest absolute Gasteiger partial charge is 0.492 e. The average molecular weight is 1800 g/mol. The van der Waals surface area contributed by atoms with E-state index < -0.39 is 0 Å². The van der Waals surface area contributed by atoms with E-state index in [1.807, 2.05) is 66.7 Å². The highest BCUT2D eigenvalue weighted by Crippen LogP contribution is 2.29. The number of amidine groups is 8. The van der Waals surface area contributed by atoms with Gasteiger partial charge in [0.1, 0.15) is 28.9 Å². The molecule has 0 unspecified atom stereocenters. The third-order valence-electron chi connectivity index (χ3n) is 14.7. The van der Waals surface area contributed by atoms with E-state index >= 15 is 0 Å².